The van der Waals surface area contributed by atoms with Crippen LogP contribution in [0.1, 0.15) is 15.9 Å². The molecule has 0 bridgehead atoms. The summed E-state index contributed by atoms with van der Waals surface area (Å²) in [5.41, 5.74) is 1.08. The first-order valence-corrected chi connectivity index (χ1v) is 13.4. The molecular formula is C24H17Cl4N3O4S. The number of hydrogen-bond donors (Lipinski definition) is 3. The Labute approximate surface area is 227 Å². The smallest absolute Gasteiger partial charge is 0.262 e. The lowest BCUT2D eigenvalue weighted by molar-refractivity contribution is -0.119. The van der Waals surface area contributed by atoms with Crippen LogP contribution >= 0.6 is 46.4 Å². The van der Waals surface area contributed by atoms with Crippen molar-refractivity contribution in [2.45, 2.75) is 10.9 Å². The maximum Gasteiger partial charge on any atom is 0.262 e. The number of carbonyl (C=O) groups excluding carboxylic acids is 2. The number of fused-ring (bicyclic) bond motifs is 1. The van der Waals surface area contributed by atoms with Crippen molar-refractivity contribution in [1.29, 1.82) is 0 Å². The Morgan fingerprint density at radius 3 is 2.06 bits per heavy atom. The van der Waals surface area contributed by atoms with E-state index in [-0.39, 0.29) is 32.7 Å². The highest BCUT2D eigenvalue weighted by Gasteiger charge is 2.27. The van der Waals surface area contributed by atoms with E-state index in [9.17, 15) is 18.0 Å². The second kappa shape index (κ2) is 10.7. The van der Waals surface area contributed by atoms with Gasteiger partial charge in [-0.25, -0.2) is 8.42 Å². The number of carbonyl (C=O) groups is 2. The molecule has 0 saturated carbocycles. The van der Waals surface area contributed by atoms with Gasteiger partial charge < -0.3 is 10.6 Å². The van der Waals surface area contributed by atoms with Crippen molar-refractivity contribution in [3.05, 3.63) is 91.9 Å². The molecule has 3 aromatic rings. The van der Waals surface area contributed by atoms with Crippen molar-refractivity contribution >= 4 is 85.6 Å². The quantitative estimate of drug-likeness (QED) is 0.320. The van der Waals surface area contributed by atoms with Crippen molar-refractivity contribution in [2.75, 3.05) is 16.6 Å². The van der Waals surface area contributed by atoms with Gasteiger partial charge in [0.25, 0.3) is 10.0 Å². The first-order valence-electron chi connectivity index (χ1n) is 10.4. The molecule has 186 valence electrons. The van der Waals surface area contributed by atoms with Gasteiger partial charge in [-0.15, -0.1) is 0 Å². The molecule has 4 rings (SSSR count). The number of sulfonamides is 1. The highest BCUT2D eigenvalue weighted by molar-refractivity contribution is 7.92. The highest BCUT2D eigenvalue weighted by Crippen LogP contribution is 2.33. The van der Waals surface area contributed by atoms with Crippen LogP contribution in [0.3, 0.4) is 0 Å². The fourth-order valence-corrected chi connectivity index (χ4v) is 5.74. The average molecular weight is 585 g/mol. The predicted molar refractivity (Wildman–Crippen MR) is 144 cm³/mol. The zero-order chi connectivity index (χ0) is 26.0. The van der Waals surface area contributed by atoms with Gasteiger partial charge in [0.1, 0.15) is 6.04 Å². The molecule has 1 unspecified atom stereocenters. The molecule has 1 aliphatic carbocycles. The van der Waals surface area contributed by atoms with Gasteiger partial charge in [0.05, 0.1) is 42.9 Å². The number of anilines is 2. The standard InChI is InChI=1S/C24H17Cl4N3O4S/c25-16-3-1-4-17(26)22(16)29-12-21(32)30-20-10-8-13-7-9-14(11-15(13)24(20)33)36(34,35)31-23-18(27)5-2-6-19(23)28/h1-11,20,29,31H,12H2,(H,30,32). The first-order chi connectivity index (χ1) is 17.1. The molecule has 0 spiro atoms. The van der Waals surface area contributed by atoms with E-state index in [4.69, 9.17) is 46.4 Å². The normalized spacial score (nSPS) is 14.8. The highest BCUT2D eigenvalue weighted by atomic mass is 35.5. The fraction of sp³-hybridized carbons (Fsp3) is 0.0833. The molecule has 0 fully saturated rings. The number of benzene rings is 3. The molecule has 3 aromatic carbocycles. The van der Waals surface area contributed by atoms with Crippen molar-refractivity contribution in [1.82, 2.24) is 5.32 Å². The van der Waals surface area contributed by atoms with Crippen LogP contribution in [0.5, 0.6) is 0 Å². The Morgan fingerprint density at radius 1 is 0.861 bits per heavy atom. The van der Waals surface area contributed by atoms with Crippen molar-refractivity contribution in [3.8, 4) is 0 Å². The van der Waals surface area contributed by atoms with Gasteiger partial charge in [0.15, 0.2) is 5.78 Å². The molecule has 0 aliphatic heterocycles. The summed E-state index contributed by atoms with van der Waals surface area (Å²) < 4.78 is 28.3. The molecule has 7 nitrogen and oxygen atoms in total. The van der Waals surface area contributed by atoms with E-state index in [0.717, 1.165) is 0 Å². The van der Waals surface area contributed by atoms with Gasteiger partial charge in [-0.05, 0) is 42.0 Å². The van der Waals surface area contributed by atoms with Crippen molar-refractivity contribution in [2.24, 2.45) is 0 Å². The third-order valence-corrected chi connectivity index (χ3v) is 7.86. The molecule has 0 heterocycles. The molecule has 1 atom stereocenters. The molecule has 3 N–H and O–H groups in total. The average Bonchev–Trinajstić information content (AvgIpc) is 2.83. The van der Waals surface area contributed by atoms with E-state index in [0.29, 0.717) is 21.3 Å². The predicted octanol–water partition coefficient (Wildman–Crippen LogP) is 5.91. The molecule has 1 aliphatic rings. The number of hydrogen-bond acceptors (Lipinski definition) is 5. The van der Waals surface area contributed by atoms with Gasteiger partial charge in [-0.2, -0.15) is 0 Å². The minimum absolute atomic E-state index is 0.0287. The largest absolute Gasteiger partial charge is 0.374 e. The van der Waals surface area contributed by atoms with E-state index >= 15 is 0 Å². The summed E-state index contributed by atoms with van der Waals surface area (Å²) in [6, 6.07) is 12.6. The van der Waals surface area contributed by atoms with E-state index in [1.165, 1.54) is 36.4 Å². The summed E-state index contributed by atoms with van der Waals surface area (Å²) in [5.74, 6) is -0.958. The first kappa shape index (κ1) is 26.3. The Bertz CT molecular complexity index is 1470. The topological polar surface area (TPSA) is 104 Å². The summed E-state index contributed by atoms with van der Waals surface area (Å²) in [6.45, 7) is -0.190. The zero-order valence-electron chi connectivity index (χ0n) is 18.2. The van der Waals surface area contributed by atoms with Crippen LogP contribution < -0.4 is 15.4 Å². The second-order valence-electron chi connectivity index (χ2n) is 7.67. The van der Waals surface area contributed by atoms with Crippen LogP contribution in [0, 0.1) is 0 Å². The van der Waals surface area contributed by atoms with Crippen LogP contribution in [0.25, 0.3) is 6.08 Å². The zero-order valence-corrected chi connectivity index (χ0v) is 22.0. The van der Waals surface area contributed by atoms with Gasteiger partial charge in [0, 0.05) is 5.56 Å². The minimum Gasteiger partial charge on any atom is -0.374 e. The van der Waals surface area contributed by atoms with Crippen molar-refractivity contribution in [3.63, 3.8) is 0 Å². The molecule has 0 aromatic heterocycles. The maximum absolute atomic E-state index is 13.1. The number of para-hydroxylation sites is 2. The number of nitrogens with one attached hydrogen (secondary N) is 3. The van der Waals surface area contributed by atoms with Gasteiger partial charge in [-0.3, -0.25) is 14.3 Å². The van der Waals surface area contributed by atoms with Gasteiger partial charge >= 0.3 is 0 Å². The number of rotatable bonds is 7. The van der Waals surface area contributed by atoms with Crippen LogP contribution in [0.2, 0.25) is 20.1 Å². The SMILES string of the molecule is O=C(CNc1c(Cl)cccc1Cl)NC1C=Cc2ccc(S(=O)(=O)Nc3c(Cl)cccc3Cl)cc2C1=O. The Hall–Kier alpha value is -2.75. The summed E-state index contributed by atoms with van der Waals surface area (Å²) in [4.78, 5) is 25.4. The number of amides is 1. The number of ketones is 1. The number of Topliss-reactive ketones (excluding diaryl/α,β-unsaturated/α-hetero) is 1. The van der Waals surface area contributed by atoms with E-state index in [2.05, 4.69) is 15.4 Å². The van der Waals surface area contributed by atoms with Crippen LogP contribution in [-0.2, 0) is 14.8 Å². The third-order valence-electron chi connectivity index (χ3n) is 5.26. The van der Waals surface area contributed by atoms with Gasteiger partial charge in [-0.1, -0.05) is 76.8 Å². The minimum atomic E-state index is -4.12. The maximum atomic E-state index is 13.1. The summed E-state index contributed by atoms with van der Waals surface area (Å²) in [5, 5.41) is 6.39. The Kier molecular flexibility index (Phi) is 7.82. The summed E-state index contributed by atoms with van der Waals surface area (Å²) in [7, 11) is -4.12. The molecule has 12 heteroatoms. The lowest BCUT2D eigenvalue weighted by Crippen LogP contribution is -2.43. The van der Waals surface area contributed by atoms with Crippen molar-refractivity contribution < 1.29 is 18.0 Å². The monoisotopic (exact) mass is 583 g/mol. The Balaban J connectivity index is 1.49. The lowest BCUT2D eigenvalue weighted by atomic mass is 9.93. The van der Waals surface area contributed by atoms with Crippen LogP contribution in [0.4, 0.5) is 11.4 Å². The third kappa shape index (κ3) is 5.63. The molecule has 1 amide bonds. The second-order valence-corrected chi connectivity index (χ2v) is 11.0. The molecule has 0 radical (unpaired) electrons. The molecular weight excluding hydrogens is 568 g/mol. The van der Waals surface area contributed by atoms with E-state index < -0.39 is 27.8 Å². The van der Waals surface area contributed by atoms with Gasteiger partial charge in [0.2, 0.25) is 5.91 Å². The van der Waals surface area contributed by atoms with Crippen LogP contribution in [0.15, 0.2) is 65.6 Å². The summed E-state index contributed by atoms with van der Waals surface area (Å²) >= 11 is 24.3. The van der Waals surface area contributed by atoms with E-state index in [1.807, 2.05) is 0 Å². The summed E-state index contributed by atoms with van der Waals surface area (Å²) in [6.07, 6.45) is 3.16. The Morgan fingerprint density at radius 2 is 1.44 bits per heavy atom. The van der Waals surface area contributed by atoms with E-state index in [1.54, 1.807) is 30.3 Å². The lowest BCUT2D eigenvalue weighted by Gasteiger charge is -2.21. The molecule has 0 saturated heterocycles. The van der Waals surface area contributed by atoms with Crippen LogP contribution in [-0.4, -0.2) is 32.7 Å². The number of halogens is 4. The molecule has 36 heavy (non-hydrogen) atoms. The fourth-order valence-electron chi connectivity index (χ4n) is 3.48.